The van der Waals surface area contributed by atoms with E-state index in [2.05, 4.69) is 63.7 Å². The zero-order valence-corrected chi connectivity index (χ0v) is 20.0. The van der Waals surface area contributed by atoms with Crippen LogP contribution < -0.4 is 10.2 Å². The van der Waals surface area contributed by atoms with Gasteiger partial charge < -0.3 is 10.2 Å². The molecule has 0 aliphatic carbocycles. The number of aryl methyl sites for hydroxylation is 1. The minimum Gasteiger partial charge on any atom is -0.355 e. The van der Waals surface area contributed by atoms with Gasteiger partial charge in [0.1, 0.15) is 0 Å². The maximum atomic E-state index is 13.3. The Hall–Kier alpha value is -3.99. The molecule has 4 aromatic rings. The van der Waals surface area contributed by atoms with Gasteiger partial charge in [-0.05, 0) is 48.6 Å². The molecule has 176 valence electrons. The molecule has 5 nitrogen and oxygen atoms in total. The average molecular weight is 463 g/mol. The van der Waals surface area contributed by atoms with Crippen molar-refractivity contribution in [1.82, 2.24) is 15.5 Å². The predicted molar refractivity (Wildman–Crippen MR) is 140 cm³/mol. The zero-order valence-electron chi connectivity index (χ0n) is 20.0. The summed E-state index contributed by atoms with van der Waals surface area (Å²) in [5.74, 6) is 0.969. The van der Waals surface area contributed by atoms with Crippen LogP contribution in [-0.4, -0.2) is 29.2 Å². The molecular formula is C30H30N4O. The third kappa shape index (κ3) is 5.24. The van der Waals surface area contributed by atoms with Crippen LogP contribution in [0.1, 0.15) is 35.6 Å². The van der Waals surface area contributed by atoms with Gasteiger partial charge >= 0.3 is 0 Å². The standard InChI is InChI=1S/C30H30N4O/c1-22-10-8-9-15-26(22)27-16-17-28(33-32-27)34-20-18-25(19-21-34)30(35)31-29(23-11-4-2-5-12-23)24-13-6-3-7-14-24/h2-17,25,29H,18-21H2,1H3,(H,31,35). The first-order valence-electron chi connectivity index (χ1n) is 12.2. The Morgan fingerprint density at radius 3 is 1.97 bits per heavy atom. The first-order valence-corrected chi connectivity index (χ1v) is 12.2. The molecule has 0 spiro atoms. The van der Waals surface area contributed by atoms with Gasteiger partial charge in [-0.2, -0.15) is 0 Å². The molecule has 0 bridgehead atoms. The van der Waals surface area contributed by atoms with Crippen molar-refractivity contribution >= 4 is 11.7 Å². The Kier molecular flexibility index (Phi) is 6.85. The number of rotatable bonds is 6. The highest BCUT2D eigenvalue weighted by molar-refractivity contribution is 5.80. The van der Waals surface area contributed by atoms with Crippen molar-refractivity contribution in [1.29, 1.82) is 0 Å². The highest BCUT2D eigenvalue weighted by Crippen LogP contribution is 2.27. The molecule has 1 N–H and O–H groups in total. The lowest BCUT2D eigenvalue weighted by Crippen LogP contribution is -2.42. The van der Waals surface area contributed by atoms with Crippen LogP contribution in [0, 0.1) is 12.8 Å². The fraction of sp³-hybridized carbons (Fsp3) is 0.233. The Balaban J connectivity index is 1.23. The number of piperidine rings is 1. The predicted octanol–water partition coefficient (Wildman–Crippen LogP) is 5.57. The van der Waals surface area contributed by atoms with Gasteiger partial charge in [-0.15, -0.1) is 10.2 Å². The van der Waals surface area contributed by atoms with Crippen molar-refractivity contribution in [3.05, 3.63) is 114 Å². The minimum absolute atomic E-state index is 0.0135. The largest absolute Gasteiger partial charge is 0.355 e. The van der Waals surface area contributed by atoms with E-state index < -0.39 is 0 Å². The van der Waals surface area contributed by atoms with Gasteiger partial charge in [0.05, 0.1) is 11.7 Å². The highest BCUT2D eigenvalue weighted by Gasteiger charge is 2.28. The third-order valence-corrected chi connectivity index (χ3v) is 6.81. The van der Waals surface area contributed by atoms with Crippen molar-refractivity contribution in [2.45, 2.75) is 25.8 Å². The van der Waals surface area contributed by atoms with Gasteiger partial charge in [0.15, 0.2) is 5.82 Å². The number of hydrogen-bond acceptors (Lipinski definition) is 4. The molecule has 0 atom stereocenters. The summed E-state index contributed by atoms with van der Waals surface area (Å²) in [7, 11) is 0. The van der Waals surface area contributed by atoms with E-state index in [1.54, 1.807) is 0 Å². The molecule has 0 radical (unpaired) electrons. The molecule has 35 heavy (non-hydrogen) atoms. The van der Waals surface area contributed by atoms with Crippen LogP contribution in [0.25, 0.3) is 11.3 Å². The first kappa shape index (κ1) is 22.8. The smallest absolute Gasteiger partial charge is 0.223 e. The van der Waals surface area contributed by atoms with Crippen molar-refractivity contribution < 1.29 is 4.79 Å². The second-order valence-corrected chi connectivity index (χ2v) is 9.12. The van der Waals surface area contributed by atoms with Crippen molar-refractivity contribution in [3.63, 3.8) is 0 Å². The number of aromatic nitrogens is 2. The van der Waals surface area contributed by atoms with Crippen molar-refractivity contribution in [2.75, 3.05) is 18.0 Å². The minimum atomic E-state index is -0.150. The Labute approximate surface area is 206 Å². The van der Waals surface area contributed by atoms with E-state index in [0.29, 0.717) is 0 Å². The second kappa shape index (κ2) is 10.5. The van der Waals surface area contributed by atoms with E-state index in [1.807, 2.05) is 60.7 Å². The summed E-state index contributed by atoms with van der Waals surface area (Å²) >= 11 is 0. The topological polar surface area (TPSA) is 58.1 Å². The lowest BCUT2D eigenvalue weighted by molar-refractivity contribution is -0.126. The summed E-state index contributed by atoms with van der Waals surface area (Å²) in [6, 6.07) is 32.5. The van der Waals surface area contributed by atoms with Crippen molar-refractivity contribution in [2.24, 2.45) is 5.92 Å². The van der Waals surface area contributed by atoms with Crippen LogP contribution in [-0.2, 0) is 4.79 Å². The van der Waals surface area contributed by atoms with Crippen LogP contribution >= 0.6 is 0 Å². The Bertz CT molecular complexity index is 1210. The molecule has 1 amide bonds. The van der Waals surface area contributed by atoms with E-state index in [1.165, 1.54) is 5.56 Å². The molecule has 0 saturated carbocycles. The maximum Gasteiger partial charge on any atom is 0.223 e. The summed E-state index contributed by atoms with van der Waals surface area (Å²) in [4.78, 5) is 15.5. The summed E-state index contributed by atoms with van der Waals surface area (Å²) in [5.41, 5.74) is 5.36. The van der Waals surface area contributed by atoms with E-state index >= 15 is 0 Å². The molecule has 1 aliphatic heterocycles. The summed E-state index contributed by atoms with van der Waals surface area (Å²) in [6.45, 7) is 3.66. The highest BCUT2D eigenvalue weighted by atomic mass is 16.2. The monoisotopic (exact) mass is 462 g/mol. The number of nitrogens with one attached hydrogen (secondary N) is 1. The Morgan fingerprint density at radius 1 is 0.800 bits per heavy atom. The molecule has 3 aromatic carbocycles. The first-order chi connectivity index (χ1) is 17.2. The number of nitrogens with zero attached hydrogens (tertiary/aromatic N) is 3. The average Bonchev–Trinajstić information content (AvgIpc) is 2.93. The SMILES string of the molecule is Cc1ccccc1-c1ccc(N2CCC(C(=O)NC(c3ccccc3)c3ccccc3)CC2)nn1. The fourth-order valence-corrected chi connectivity index (χ4v) is 4.78. The molecule has 0 unspecified atom stereocenters. The van der Waals surface area contributed by atoms with Crippen LogP contribution in [0.5, 0.6) is 0 Å². The summed E-state index contributed by atoms with van der Waals surface area (Å²) in [6.07, 6.45) is 1.59. The van der Waals surface area contributed by atoms with Crippen LogP contribution in [0.4, 0.5) is 5.82 Å². The van der Waals surface area contributed by atoms with Gasteiger partial charge in [0.2, 0.25) is 5.91 Å². The van der Waals surface area contributed by atoms with E-state index in [0.717, 1.165) is 54.1 Å². The van der Waals surface area contributed by atoms with Crippen molar-refractivity contribution in [3.8, 4) is 11.3 Å². The summed E-state index contributed by atoms with van der Waals surface area (Å²) < 4.78 is 0. The second-order valence-electron chi connectivity index (χ2n) is 9.12. The molecule has 2 heterocycles. The van der Waals surface area contributed by atoms with E-state index in [9.17, 15) is 4.79 Å². The molecule has 1 saturated heterocycles. The third-order valence-electron chi connectivity index (χ3n) is 6.81. The van der Waals surface area contributed by atoms with Gasteiger partial charge in [-0.25, -0.2) is 0 Å². The van der Waals surface area contributed by atoms with Crippen LogP contribution in [0.2, 0.25) is 0 Å². The van der Waals surface area contributed by atoms with Crippen LogP contribution in [0.3, 0.4) is 0 Å². The molecule has 1 aromatic heterocycles. The molecule has 5 rings (SSSR count). The molecular weight excluding hydrogens is 432 g/mol. The van der Waals surface area contributed by atoms with Gasteiger partial charge in [-0.3, -0.25) is 4.79 Å². The van der Waals surface area contributed by atoms with E-state index in [4.69, 9.17) is 0 Å². The summed E-state index contributed by atoms with van der Waals surface area (Å²) in [5, 5.41) is 12.3. The molecule has 1 aliphatic rings. The molecule has 5 heteroatoms. The normalized spacial score (nSPS) is 14.2. The molecule has 1 fully saturated rings. The number of carbonyl (C=O) groups is 1. The number of anilines is 1. The quantitative estimate of drug-likeness (QED) is 0.407. The zero-order chi connectivity index (χ0) is 24.0. The van der Waals surface area contributed by atoms with Gasteiger partial charge in [0.25, 0.3) is 0 Å². The lowest BCUT2D eigenvalue weighted by atomic mass is 9.93. The number of benzene rings is 3. The van der Waals surface area contributed by atoms with Crippen LogP contribution in [0.15, 0.2) is 97.1 Å². The Morgan fingerprint density at radius 2 is 1.40 bits per heavy atom. The van der Waals surface area contributed by atoms with E-state index in [-0.39, 0.29) is 17.9 Å². The fourth-order valence-electron chi connectivity index (χ4n) is 4.78. The maximum absolute atomic E-state index is 13.3. The van der Waals surface area contributed by atoms with Gasteiger partial charge in [0, 0.05) is 24.6 Å². The number of carbonyl (C=O) groups excluding carboxylic acids is 1. The number of amides is 1. The number of hydrogen-bond donors (Lipinski definition) is 1. The van der Waals surface area contributed by atoms with Gasteiger partial charge in [-0.1, -0.05) is 84.9 Å². The lowest BCUT2D eigenvalue weighted by Gasteiger charge is -2.33.